The lowest BCUT2D eigenvalue weighted by atomic mass is 9.72. The first-order valence-corrected chi connectivity index (χ1v) is 11.0. The number of hydrogen-bond donors (Lipinski definition) is 2. The number of hydrogen-bond acceptors (Lipinski definition) is 5. The van der Waals surface area contributed by atoms with Crippen LogP contribution in [0.3, 0.4) is 0 Å². The molecule has 2 fully saturated rings. The first-order valence-electron chi connectivity index (χ1n) is 11.0. The number of nitrogens with one attached hydrogen (secondary N) is 1. The molecule has 4 rings (SSSR count). The number of carbonyl (C=O) groups excluding carboxylic acids is 2. The number of imide groups is 1. The fourth-order valence-corrected chi connectivity index (χ4v) is 4.97. The van der Waals surface area contributed by atoms with Gasteiger partial charge in [0.1, 0.15) is 0 Å². The first kappa shape index (κ1) is 22.1. The average Bonchev–Trinajstić information content (AvgIpc) is 3.03. The molecule has 0 aliphatic carbocycles. The van der Waals surface area contributed by atoms with E-state index in [1.165, 1.54) is 0 Å². The maximum atomic E-state index is 12.5. The van der Waals surface area contributed by atoms with Gasteiger partial charge in [0.2, 0.25) is 11.8 Å². The average molecular weight is 442 g/mol. The van der Waals surface area contributed by atoms with Crippen LogP contribution in [0.1, 0.15) is 52.1 Å². The van der Waals surface area contributed by atoms with E-state index in [1.54, 1.807) is 9.58 Å². The molecule has 1 unspecified atom stereocenters. The molecule has 32 heavy (non-hydrogen) atoms. The van der Waals surface area contributed by atoms with E-state index >= 15 is 0 Å². The van der Waals surface area contributed by atoms with Gasteiger partial charge in [0, 0.05) is 38.5 Å². The van der Waals surface area contributed by atoms with Gasteiger partial charge in [-0.3, -0.25) is 24.5 Å². The molecule has 2 N–H and O–H groups in total. The molecule has 9 heteroatoms. The van der Waals surface area contributed by atoms with Gasteiger partial charge in [-0.15, -0.1) is 0 Å². The van der Waals surface area contributed by atoms with E-state index in [0.29, 0.717) is 38.2 Å². The Bertz CT molecular complexity index is 1100. The molecule has 1 aromatic carbocycles. The molecule has 2 aromatic rings. The van der Waals surface area contributed by atoms with Crippen molar-refractivity contribution in [1.82, 2.24) is 20.0 Å². The Morgan fingerprint density at radius 3 is 2.59 bits per heavy atom. The van der Waals surface area contributed by atoms with Crippen molar-refractivity contribution in [2.24, 2.45) is 12.5 Å². The predicted octanol–water partition coefficient (Wildman–Crippen LogP) is 2.70. The first-order chi connectivity index (χ1) is 14.9. The molecule has 3 heterocycles. The van der Waals surface area contributed by atoms with Crippen LogP contribution >= 0.6 is 0 Å². The van der Waals surface area contributed by atoms with Gasteiger partial charge >= 0.3 is 6.09 Å². The summed E-state index contributed by atoms with van der Waals surface area (Å²) in [6.45, 7) is 9.72. The summed E-state index contributed by atoms with van der Waals surface area (Å²) in [5.74, 6) is -1.01. The molecule has 2 aliphatic rings. The lowest BCUT2D eigenvalue weighted by Gasteiger charge is -2.54. The Kier molecular flexibility index (Phi) is 5.18. The zero-order valence-electron chi connectivity index (χ0n) is 19.3. The third-order valence-corrected chi connectivity index (χ3v) is 7.32. The number of nitrogens with zero attached hydrogens (tertiary/aromatic N) is 4. The van der Waals surface area contributed by atoms with Gasteiger partial charge < -0.3 is 10.0 Å². The highest BCUT2D eigenvalue weighted by atomic mass is 16.4. The van der Waals surface area contributed by atoms with Gasteiger partial charge in [-0.05, 0) is 24.8 Å². The zero-order chi connectivity index (χ0) is 23.4. The maximum Gasteiger partial charge on any atom is 0.407 e. The summed E-state index contributed by atoms with van der Waals surface area (Å²) in [7, 11) is 1.86. The molecule has 3 amide bonds. The number of carbonyl (C=O) groups is 3. The molecule has 9 nitrogen and oxygen atoms in total. The summed E-state index contributed by atoms with van der Waals surface area (Å²) in [5.41, 5.74) is 1.69. The highest BCUT2D eigenvalue weighted by Gasteiger charge is 2.49. The second-order valence-electron chi connectivity index (χ2n) is 10.1. The lowest BCUT2D eigenvalue weighted by Crippen LogP contribution is -2.67. The number of amides is 3. The van der Waals surface area contributed by atoms with Gasteiger partial charge in [0.25, 0.3) is 0 Å². The van der Waals surface area contributed by atoms with E-state index in [-0.39, 0.29) is 17.2 Å². The van der Waals surface area contributed by atoms with Crippen molar-refractivity contribution in [3.63, 3.8) is 0 Å². The molecular formula is C23H31N5O4. The Balaban J connectivity index is 1.76. The highest BCUT2D eigenvalue weighted by Crippen LogP contribution is 2.41. The van der Waals surface area contributed by atoms with Crippen LogP contribution in [0, 0.1) is 5.41 Å². The summed E-state index contributed by atoms with van der Waals surface area (Å²) < 4.78 is 1.79. The number of para-hydroxylation sites is 1. The zero-order valence-corrected chi connectivity index (χ0v) is 19.3. The van der Waals surface area contributed by atoms with Gasteiger partial charge in [-0.25, -0.2) is 4.79 Å². The van der Waals surface area contributed by atoms with Gasteiger partial charge in [0.05, 0.1) is 28.4 Å². The van der Waals surface area contributed by atoms with E-state index in [9.17, 15) is 19.5 Å². The van der Waals surface area contributed by atoms with Crippen LogP contribution < -0.4 is 10.2 Å². The number of rotatable bonds is 2. The normalized spacial score (nSPS) is 24.7. The Morgan fingerprint density at radius 1 is 1.25 bits per heavy atom. The summed E-state index contributed by atoms with van der Waals surface area (Å²) in [4.78, 5) is 39.8. The van der Waals surface area contributed by atoms with Crippen molar-refractivity contribution in [2.45, 2.75) is 52.0 Å². The van der Waals surface area contributed by atoms with Crippen LogP contribution in [0.2, 0.25) is 0 Å². The van der Waals surface area contributed by atoms with Crippen LogP contribution in [0.25, 0.3) is 10.9 Å². The number of aryl methyl sites for hydroxylation is 1. The molecule has 2 atom stereocenters. The Morgan fingerprint density at radius 2 is 1.97 bits per heavy atom. The predicted molar refractivity (Wildman–Crippen MR) is 121 cm³/mol. The van der Waals surface area contributed by atoms with E-state index in [0.717, 1.165) is 16.6 Å². The molecular weight excluding hydrogens is 410 g/mol. The van der Waals surface area contributed by atoms with Crippen LogP contribution in [0.15, 0.2) is 18.2 Å². The lowest BCUT2D eigenvalue weighted by molar-refractivity contribution is -0.134. The summed E-state index contributed by atoms with van der Waals surface area (Å²) >= 11 is 0. The minimum atomic E-state index is -0.902. The Hall–Kier alpha value is -3.10. The smallest absolute Gasteiger partial charge is 0.407 e. The van der Waals surface area contributed by atoms with Crippen molar-refractivity contribution in [3.05, 3.63) is 23.9 Å². The largest absolute Gasteiger partial charge is 0.465 e. The molecule has 2 saturated heterocycles. The molecule has 172 valence electrons. The molecule has 0 bridgehead atoms. The van der Waals surface area contributed by atoms with Crippen molar-refractivity contribution in [1.29, 1.82) is 0 Å². The molecule has 0 radical (unpaired) electrons. The topological polar surface area (TPSA) is 108 Å². The number of benzene rings is 1. The van der Waals surface area contributed by atoms with Crippen LogP contribution in [-0.4, -0.2) is 62.9 Å². The molecule has 2 aliphatic heterocycles. The van der Waals surface area contributed by atoms with Crippen molar-refractivity contribution < 1.29 is 19.5 Å². The summed E-state index contributed by atoms with van der Waals surface area (Å²) in [5, 5.41) is 17.8. The number of piperazine rings is 1. The van der Waals surface area contributed by atoms with E-state index in [4.69, 9.17) is 0 Å². The number of carboxylic acid groups (broad SMARTS) is 1. The highest BCUT2D eigenvalue weighted by molar-refractivity contribution is 6.03. The number of piperidine rings is 1. The monoisotopic (exact) mass is 441 g/mol. The fourth-order valence-electron chi connectivity index (χ4n) is 4.97. The molecule has 1 aromatic heterocycles. The van der Waals surface area contributed by atoms with Crippen LogP contribution in [0.4, 0.5) is 10.5 Å². The second-order valence-corrected chi connectivity index (χ2v) is 10.1. The fraction of sp³-hybridized carbons (Fsp3) is 0.565. The maximum absolute atomic E-state index is 12.5. The third-order valence-electron chi connectivity index (χ3n) is 7.32. The van der Waals surface area contributed by atoms with Crippen molar-refractivity contribution in [2.75, 3.05) is 24.5 Å². The van der Waals surface area contributed by atoms with E-state index < -0.39 is 17.6 Å². The van der Waals surface area contributed by atoms with E-state index in [1.807, 2.05) is 32.2 Å². The second kappa shape index (κ2) is 7.50. The Labute approximate surface area is 187 Å². The summed E-state index contributed by atoms with van der Waals surface area (Å²) in [6, 6.07) is 5.94. The standard InChI is InChI=1S/C23H31N5O4/c1-22(2,3)23(4)13-27(11-12-28(23)21(31)32)16-8-6-7-14-18(25-26(5)19(14)16)15-9-10-17(29)24-20(15)30/h6-8,15H,9-13H2,1-5H3,(H,31,32)(H,24,29,30)/t15?,23-/m0/s1. The van der Waals surface area contributed by atoms with Gasteiger partial charge in [-0.2, -0.15) is 5.10 Å². The number of anilines is 1. The minimum absolute atomic E-state index is 0.245. The minimum Gasteiger partial charge on any atom is -0.465 e. The molecule has 0 saturated carbocycles. The molecule has 0 spiro atoms. The van der Waals surface area contributed by atoms with Crippen LogP contribution in [0.5, 0.6) is 0 Å². The van der Waals surface area contributed by atoms with Gasteiger partial charge in [-0.1, -0.05) is 32.9 Å². The van der Waals surface area contributed by atoms with Crippen LogP contribution in [-0.2, 0) is 16.6 Å². The van der Waals surface area contributed by atoms with Gasteiger partial charge in [0.15, 0.2) is 0 Å². The van der Waals surface area contributed by atoms with E-state index in [2.05, 4.69) is 36.1 Å². The SMILES string of the molecule is Cn1nc(C2CCC(=O)NC2=O)c2cccc(N3CCN(C(=O)O)[C@](C)(C(C)(C)C)C3)c21. The third kappa shape index (κ3) is 3.40. The van der Waals surface area contributed by atoms with Crippen molar-refractivity contribution >= 4 is 34.5 Å². The summed E-state index contributed by atoms with van der Waals surface area (Å²) in [6.07, 6.45) is -0.156. The van der Waals surface area contributed by atoms with Crippen molar-refractivity contribution in [3.8, 4) is 0 Å². The number of aromatic nitrogens is 2. The quantitative estimate of drug-likeness (QED) is 0.694. The number of fused-ring (bicyclic) bond motifs is 1.